The highest BCUT2D eigenvalue weighted by Crippen LogP contribution is 2.31. The van der Waals surface area contributed by atoms with Crippen molar-refractivity contribution < 1.29 is 28.7 Å². The molecule has 1 aliphatic carbocycles. The van der Waals surface area contributed by atoms with E-state index in [2.05, 4.69) is 15.5 Å². The number of alkyl carbamates (subject to hydrolysis) is 1. The molecule has 0 saturated heterocycles. The maximum atomic E-state index is 11.9. The summed E-state index contributed by atoms with van der Waals surface area (Å²) in [5.41, 5.74) is 2.63. The number of rotatable bonds is 8. The molecule has 2 aromatic rings. The number of nitrogens with one attached hydrogen (secondary N) is 1. The molecule has 2 heterocycles. The minimum atomic E-state index is -0.765. The van der Waals surface area contributed by atoms with Crippen molar-refractivity contribution in [1.29, 1.82) is 0 Å². The van der Waals surface area contributed by atoms with Crippen LogP contribution in [0.1, 0.15) is 56.5 Å². The summed E-state index contributed by atoms with van der Waals surface area (Å²) < 4.78 is 16.7. The molecule has 0 radical (unpaired) electrons. The monoisotopic (exact) mass is 445 g/mol. The highest BCUT2D eigenvalue weighted by atomic mass is 16.5. The number of carbonyl (C=O) groups excluding carboxylic acids is 1. The van der Waals surface area contributed by atoms with Gasteiger partial charge in [-0.2, -0.15) is 0 Å². The molecule has 32 heavy (non-hydrogen) atoms. The second kappa shape index (κ2) is 10.5. The van der Waals surface area contributed by atoms with Gasteiger partial charge >= 0.3 is 12.1 Å². The first kappa shape index (κ1) is 23.6. The number of aromatic nitrogens is 2. The van der Waals surface area contributed by atoms with Gasteiger partial charge in [0.05, 0.1) is 36.6 Å². The van der Waals surface area contributed by atoms with Crippen LogP contribution in [0.3, 0.4) is 0 Å². The number of hydrogen-bond donors (Lipinski definition) is 2. The fourth-order valence-electron chi connectivity index (χ4n) is 3.71. The predicted octanol–water partition coefficient (Wildman–Crippen LogP) is 4.26. The minimum Gasteiger partial charge on any atom is -0.489 e. The van der Waals surface area contributed by atoms with E-state index in [1.54, 1.807) is 13.0 Å². The van der Waals surface area contributed by atoms with E-state index >= 15 is 0 Å². The van der Waals surface area contributed by atoms with Crippen LogP contribution in [0.4, 0.5) is 4.79 Å². The summed E-state index contributed by atoms with van der Waals surface area (Å²) in [5.74, 6) is 0.229. The second-order valence-electron chi connectivity index (χ2n) is 8.64. The fraction of sp³-hybridized carbons (Fsp3) is 0.565. The lowest BCUT2D eigenvalue weighted by Gasteiger charge is -2.27. The molecule has 2 atom stereocenters. The topological polar surface area (TPSA) is 124 Å². The van der Waals surface area contributed by atoms with E-state index < -0.39 is 12.1 Å². The van der Waals surface area contributed by atoms with Crippen LogP contribution in [0, 0.1) is 25.7 Å². The molecule has 0 aromatic carbocycles. The van der Waals surface area contributed by atoms with E-state index in [1.165, 1.54) is 0 Å². The molecule has 0 aliphatic heterocycles. The van der Waals surface area contributed by atoms with Gasteiger partial charge in [0.2, 0.25) is 0 Å². The molecule has 1 saturated carbocycles. The summed E-state index contributed by atoms with van der Waals surface area (Å²) in [6, 6.07) is 3.59. The first-order valence-electron chi connectivity index (χ1n) is 11.0. The Balaban J connectivity index is 1.68. The Hall–Kier alpha value is -3.10. The summed E-state index contributed by atoms with van der Waals surface area (Å²) in [7, 11) is 0. The fourth-order valence-corrected chi connectivity index (χ4v) is 3.71. The van der Waals surface area contributed by atoms with Gasteiger partial charge < -0.3 is 24.4 Å². The highest BCUT2D eigenvalue weighted by molar-refractivity contribution is 5.70. The second-order valence-corrected chi connectivity index (χ2v) is 8.64. The summed E-state index contributed by atoms with van der Waals surface area (Å²) in [4.78, 5) is 27.8. The average molecular weight is 446 g/mol. The predicted molar refractivity (Wildman–Crippen MR) is 116 cm³/mol. The van der Waals surface area contributed by atoms with Crippen LogP contribution in [0.5, 0.6) is 5.75 Å². The molecule has 2 aromatic heterocycles. The molecule has 0 unspecified atom stereocenters. The summed E-state index contributed by atoms with van der Waals surface area (Å²) in [6.07, 6.45) is 2.22. The third-order valence-electron chi connectivity index (χ3n) is 5.48. The Morgan fingerprint density at radius 3 is 2.72 bits per heavy atom. The zero-order chi connectivity index (χ0) is 23.3. The third kappa shape index (κ3) is 5.99. The quantitative estimate of drug-likeness (QED) is 0.618. The van der Waals surface area contributed by atoms with Crippen molar-refractivity contribution in [3.63, 3.8) is 0 Å². The number of nitrogens with zero attached hydrogens (tertiary/aromatic N) is 2. The van der Waals surface area contributed by atoms with Crippen molar-refractivity contribution in [3.05, 3.63) is 29.1 Å². The Labute approximate surface area is 187 Å². The van der Waals surface area contributed by atoms with Crippen molar-refractivity contribution in [3.8, 4) is 17.2 Å². The van der Waals surface area contributed by atoms with Gasteiger partial charge in [0.15, 0.2) is 5.76 Å². The zero-order valence-corrected chi connectivity index (χ0v) is 19.0. The molecule has 1 aliphatic rings. The van der Waals surface area contributed by atoms with E-state index in [1.807, 2.05) is 26.8 Å². The number of carbonyl (C=O) groups is 2. The molecule has 9 heteroatoms. The van der Waals surface area contributed by atoms with Crippen molar-refractivity contribution in [2.75, 3.05) is 6.61 Å². The molecule has 2 N–H and O–H groups in total. The standard InChI is InChI=1S/C23H31N3O6/c1-13(2)12-30-23(29)24-11-18-14(3)26-32-21(18)19-8-9-20(15(4)25-19)31-17-7-5-6-16(10-17)22(27)28/h8-9,13,16-17H,5-7,10-12H2,1-4H3,(H,24,29)(H,27,28)/t16-,17-/m0/s1. The number of aliphatic carboxylic acids is 1. The van der Waals surface area contributed by atoms with Crippen LogP contribution in [0.25, 0.3) is 11.5 Å². The van der Waals surface area contributed by atoms with E-state index in [0.29, 0.717) is 48.0 Å². The number of aryl methyl sites for hydroxylation is 2. The van der Waals surface area contributed by atoms with Gasteiger partial charge in [-0.15, -0.1) is 0 Å². The minimum absolute atomic E-state index is 0.139. The van der Waals surface area contributed by atoms with E-state index in [0.717, 1.165) is 18.4 Å². The van der Waals surface area contributed by atoms with Crippen LogP contribution in [0.2, 0.25) is 0 Å². The van der Waals surface area contributed by atoms with Crippen LogP contribution in [-0.4, -0.2) is 40.0 Å². The maximum absolute atomic E-state index is 11.9. The lowest BCUT2D eigenvalue weighted by molar-refractivity contribution is -0.143. The first-order valence-corrected chi connectivity index (χ1v) is 11.0. The summed E-state index contributed by atoms with van der Waals surface area (Å²) in [6.45, 7) is 8.12. The van der Waals surface area contributed by atoms with Crippen LogP contribution < -0.4 is 10.1 Å². The van der Waals surface area contributed by atoms with Crippen LogP contribution >= 0.6 is 0 Å². The van der Waals surface area contributed by atoms with Crippen molar-refractivity contribution in [2.45, 2.75) is 66.0 Å². The van der Waals surface area contributed by atoms with Crippen molar-refractivity contribution >= 4 is 12.1 Å². The highest BCUT2D eigenvalue weighted by Gasteiger charge is 2.28. The van der Waals surface area contributed by atoms with E-state index in [4.69, 9.17) is 14.0 Å². The Kier molecular flexibility index (Phi) is 7.71. The molecule has 174 valence electrons. The van der Waals surface area contributed by atoms with Gasteiger partial charge in [-0.1, -0.05) is 19.0 Å². The molecule has 9 nitrogen and oxygen atoms in total. The number of carboxylic acid groups (broad SMARTS) is 1. The molecule has 0 spiro atoms. The smallest absolute Gasteiger partial charge is 0.407 e. The first-order chi connectivity index (χ1) is 15.2. The van der Waals surface area contributed by atoms with E-state index in [9.17, 15) is 14.7 Å². The van der Waals surface area contributed by atoms with Gasteiger partial charge in [-0.05, 0) is 57.6 Å². The van der Waals surface area contributed by atoms with Crippen molar-refractivity contribution in [2.24, 2.45) is 11.8 Å². The van der Waals surface area contributed by atoms with Gasteiger partial charge in [-0.3, -0.25) is 4.79 Å². The molecule has 1 fully saturated rings. The molecule has 1 amide bonds. The number of amides is 1. The summed E-state index contributed by atoms with van der Waals surface area (Å²) in [5, 5.41) is 16.0. The number of hydrogen-bond acceptors (Lipinski definition) is 7. The Bertz CT molecular complexity index is 955. The average Bonchev–Trinajstić information content (AvgIpc) is 3.12. The third-order valence-corrected chi connectivity index (χ3v) is 5.48. The SMILES string of the molecule is Cc1nc(-c2onc(C)c2CNC(=O)OCC(C)C)ccc1O[C@H]1CCC[C@H](C(=O)O)C1. The molecule has 0 bridgehead atoms. The number of ether oxygens (including phenoxy) is 2. The molecular formula is C23H31N3O6. The summed E-state index contributed by atoms with van der Waals surface area (Å²) >= 11 is 0. The normalized spacial score (nSPS) is 18.4. The molecule has 3 rings (SSSR count). The lowest BCUT2D eigenvalue weighted by atomic mass is 9.87. The number of carboxylic acids is 1. The van der Waals surface area contributed by atoms with Gasteiger partial charge in [0, 0.05) is 5.56 Å². The maximum Gasteiger partial charge on any atom is 0.407 e. The Morgan fingerprint density at radius 1 is 1.25 bits per heavy atom. The lowest BCUT2D eigenvalue weighted by Crippen LogP contribution is -2.29. The molecular weight excluding hydrogens is 414 g/mol. The number of pyridine rings is 1. The Morgan fingerprint density at radius 2 is 2.03 bits per heavy atom. The van der Waals surface area contributed by atoms with Crippen LogP contribution in [-0.2, 0) is 16.1 Å². The van der Waals surface area contributed by atoms with Gasteiger partial charge in [-0.25, -0.2) is 9.78 Å². The van der Waals surface area contributed by atoms with Gasteiger partial charge in [0.1, 0.15) is 11.4 Å². The van der Waals surface area contributed by atoms with E-state index in [-0.39, 0.29) is 24.5 Å². The van der Waals surface area contributed by atoms with Crippen molar-refractivity contribution in [1.82, 2.24) is 15.5 Å². The van der Waals surface area contributed by atoms with Crippen LogP contribution in [0.15, 0.2) is 16.7 Å². The zero-order valence-electron chi connectivity index (χ0n) is 19.0. The largest absolute Gasteiger partial charge is 0.489 e. The van der Waals surface area contributed by atoms with Gasteiger partial charge in [0.25, 0.3) is 0 Å².